The lowest BCUT2D eigenvalue weighted by atomic mass is 9.70. The third-order valence-electron chi connectivity index (χ3n) is 5.25. The Balaban J connectivity index is 1.96. The molecule has 0 bridgehead atoms. The van der Waals surface area contributed by atoms with Gasteiger partial charge in [-0.25, -0.2) is 0 Å². The van der Waals surface area contributed by atoms with Crippen LogP contribution in [-0.2, 0) is 0 Å². The predicted molar refractivity (Wildman–Crippen MR) is 80.0 cm³/mol. The zero-order chi connectivity index (χ0) is 13.9. The molecule has 0 spiro atoms. The maximum atomic E-state index is 9.61. The summed E-state index contributed by atoms with van der Waals surface area (Å²) < 4.78 is 0. The van der Waals surface area contributed by atoms with Gasteiger partial charge in [-0.3, -0.25) is 4.90 Å². The first-order valence-corrected chi connectivity index (χ1v) is 8.12. The summed E-state index contributed by atoms with van der Waals surface area (Å²) in [5.74, 6) is 0.607. The molecule has 2 aliphatic rings. The average molecular weight is 268 g/mol. The van der Waals surface area contributed by atoms with Crippen LogP contribution in [0.3, 0.4) is 0 Å². The molecule has 3 nitrogen and oxygen atoms in total. The van der Waals surface area contributed by atoms with Gasteiger partial charge in [0.05, 0.1) is 6.61 Å². The van der Waals surface area contributed by atoms with Crippen LogP contribution >= 0.6 is 0 Å². The quantitative estimate of drug-likeness (QED) is 0.826. The Morgan fingerprint density at radius 3 is 2.74 bits per heavy atom. The van der Waals surface area contributed by atoms with Gasteiger partial charge in [0.25, 0.3) is 0 Å². The molecule has 3 unspecified atom stereocenters. The lowest BCUT2D eigenvalue weighted by molar-refractivity contribution is 0.0704. The van der Waals surface area contributed by atoms with Gasteiger partial charge < -0.3 is 10.8 Å². The number of nitrogens with two attached hydrogens (primary N) is 1. The second-order valence-corrected chi connectivity index (χ2v) is 7.51. The van der Waals surface area contributed by atoms with Gasteiger partial charge in [0, 0.05) is 18.6 Å². The smallest absolute Gasteiger partial charge is 0.0586 e. The fourth-order valence-corrected chi connectivity index (χ4v) is 3.94. The van der Waals surface area contributed by atoms with Crippen molar-refractivity contribution in [2.24, 2.45) is 17.1 Å². The van der Waals surface area contributed by atoms with Crippen molar-refractivity contribution in [1.29, 1.82) is 0 Å². The van der Waals surface area contributed by atoms with Gasteiger partial charge in [0.2, 0.25) is 0 Å². The summed E-state index contributed by atoms with van der Waals surface area (Å²) >= 11 is 0. The van der Waals surface area contributed by atoms with E-state index in [1.165, 1.54) is 32.1 Å². The number of aliphatic hydroxyl groups excluding tert-OH is 1. The number of aliphatic hydroxyl groups is 1. The molecule has 0 radical (unpaired) electrons. The Labute approximate surface area is 118 Å². The molecule has 0 amide bonds. The highest BCUT2D eigenvalue weighted by Gasteiger charge is 2.35. The Bertz CT molecular complexity index is 280. The molecule has 19 heavy (non-hydrogen) atoms. The number of hydrogen-bond acceptors (Lipinski definition) is 3. The summed E-state index contributed by atoms with van der Waals surface area (Å²) in [6.45, 7) is 7.30. The molecule has 1 aliphatic carbocycles. The molecule has 0 aromatic carbocycles. The van der Waals surface area contributed by atoms with E-state index in [9.17, 15) is 5.11 Å². The second-order valence-electron chi connectivity index (χ2n) is 7.51. The van der Waals surface area contributed by atoms with Gasteiger partial charge in [-0.2, -0.15) is 0 Å². The molecular formula is C16H32N2O. The van der Waals surface area contributed by atoms with Crippen molar-refractivity contribution in [1.82, 2.24) is 4.90 Å². The standard InChI is InChI=1S/C16H32N2O/c1-16(2)8-7-15(17)13(10-16)11-18-9-5-3-4-6-14(18)12-19/h13-15,19H,3-12,17H2,1-2H3. The molecule has 1 saturated heterocycles. The molecule has 2 rings (SSSR count). The maximum absolute atomic E-state index is 9.61. The molecule has 3 N–H and O–H groups in total. The highest BCUT2D eigenvalue weighted by molar-refractivity contribution is 4.90. The molecule has 2 fully saturated rings. The average Bonchev–Trinajstić information content (AvgIpc) is 2.58. The van der Waals surface area contributed by atoms with E-state index in [-0.39, 0.29) is 0 Å². The van der Waals surface area contributed by atoms with Crippen LogP contribution in [0.4, 0.5) is 0 Å². The monoisotopic (exact) mass is 268 g/mol. The van der Waals surface area contributed by atoms with Crippen LogP contribution in [0.1, 0.15) is 58.8 Å². The summed E-state index contributed by atoms with van der Waals surface area (Å²) in [5, 5.41) is 9.61. The fraction of sp³-hybridized carbons (Fsp3) is 1.00. The largest absolute Gasteiger partial charge is 0.395 e. The summed E-state index contributed by atoms with van der Waals surface area (Å²) in [6, 6.07) is 0.732. The number of likely N-dealkylation sites (tertiary alicyclic amines) is 1. The first-order chi connectivity index (χ1) is 9.02. The van der Waals surface area contributed by atoms with Crippen molar-refractivity contribution in [3.8, 4) is 0 Å². The van der Waals surface area contributed by atoms with E-state index in [4.69, 9.17) is 5.73 Å². The van der Waals surface area contributed by atoms with E-state index in [1.54, 1.807) is 0 Å². The van der Waals surface area contributed by atoms with Gasteiger partial charge >= 0.3 is 0 Å². The molecule has 0 aromatic rings. The van der Waals surface area contributed by atoms with E-state index in [2.05, 4.69) is 18.7 Å². The summed E-state index contributed by atoms with van der Waals surface area (Å²) in [6.07, 6.45) is 8.68. The fourth-order valence-electron chi connectivity index (χ4n) is 3.94. The Kier molecular flexibility index (Phi) is 5.27. The van der Waals surface area contributed by atoms with Gasteiger partial charge in [-0.1, -0.05) is 26.7 Å². The van der Waals surface area contributed by atoms with Gasteiger partial charge in [0.1, 0.15) is 0 Å². The van der Waals surface area contributed by atoms with Crippen LogP contribution < -0.4 is 5.73 Å². The topological polar surface area (TPSA) is 49.5 Å². The van der Waals surface area contributed by atoms with E-state index in [1.807, 2.05) is 0 Å². The van der Waals surface area contributed by atoms with E-state index in [0.29, 0.717) is 30.0 Å². The molecule has 3 atom stereocenters. The predicted octanol–water partition coefficient (Wildman–Crippen LogP) is 2.38. The molecule has 112 valence electrons. The minimum Gasteiger partial charge on any atom is -0.395 e. The van der Waals surface area contributed by atoms with Crippen molar-refractivity contribution >= 4 is 0 Å². The van der Waals surface area contributed by atoms with E-state index < -0.39 is 0 Å². The maximum Gasteiger partial charge on any atom is 0.0586 e. The zero-order valence-electron chi connectivity index (χ0n) is 12.8. The Morgan fingerprint density at radius 1 is 1.21 bits per heavy atom. The van der Waals surface area contributed by atoms with Gasteiger partial charge in [0.15, 0.2) is 0 Å². The van der Waals surface area contributed by atoms with Crippen molar-refractivity contribution in [2.75, 3.05) is 19.7 Å². The van der Waals surface area contributed by atoms with Crippen molar-refractivity contribution < 1.29 is 5.11 Å². The second kappa shape index (κ2) is 6.55. The van der Waals surface area contributed by atoms with E-state index >= 15 is 0 Å². The van der Waals surface area contributed by atoms with Crippen molar-refractivity contribution in [2.45, 2.75) is 70.9 Å². The Hall–Kier alpha value is -0.120. The normalized spacial score (nSPS) is 36.9. The summed E-state index contributed by atoms with van der Waals surface area (Å²) in [7, 11) is 0. The minimum atomic E-state index is 0.311. The molecule has 1 saturated carbocycles. The molecule has 0 aromatic heterocycles. The van der Waals surface area contributed by atoms with Crippen molar-refractivity contribution in [3.63, 3.8) is 0 Å². The summed E-state index contributed by atoms with van der Waals surface area (Å²) in [5.41, 5.74) is 6.80. The number of rotatable bonds is 3. The number of nitrogens with zero attached hydrogens (tertiary/aromatic N) is 1. The van der Waals surface area contributed by atoms with Crippen LogP contribution in [-0.4, -0.2) is 41.8 Å². The highest BCUT2D eigenvalue weighted by Crippen LogP contribution is 2.38. The first-order valence-electron chi connectivity index (χ1n) is 8.12. The first kappa shape index (κ1) is 15.3. The lowest BCUT2D eigenvalue weighted by Gasteiger charge is -2.42. The minimum absolute atomic E-state index is 0.311. The van der Waals surface area contributed by atoms with Crippen LogP contribution in [0.15, 0.2) is 0 Å². The molecule has 1 aliphatic heterocycles. The van der Waals surface area contributed by atoms with E-state index in [0.717, 1.165) is 25.9 Å². The Morgan fingerprint density at radius 2 is 2.00 bits per heavy atom. The van der Waals surface area contributed by atoms with Gasteiger partial charge in [-0.15, -0.1) is 0 Å². The number of hydrogen-bond donors (Lipinski definition) is 2. The molecular weight excluding hydrogens is 236 g/mol. The zero-order valence-corrected chi connectivity index (χ0v) is 12.8. The van der Waals surface area contributed by atoms with Crippen LogP contribution in [0, 0.1) is 11.3 Å². The van der Waals surface area contributed by atoms with Crippen molar-refractivity contribution in [3.05, 3.63) is 0 Å². The van der Waals surface area contributed by atoms with Crippen LogP contribution in [0.5, 0.6) is 0 Å². The molecule has 1 heterocycles. The lowest BCUT2D eigenvalue weighted by Crippen LogP contribution is -2.48. The SMILES string of the molecule is CC1(C)CCC(N)C(CN2CCCCCC2CO)C1. The third kappa shape index (κ3) is 4.17. The molecule has 3 heteroatoms. The van der Waals surface area contributed by atoms with Gasteiger partial charge in [-0.05, 0) is 50.0 Å². The third-order valence-corrected chi connectivity index (χ3v) is 5.25. The van der Waals surface area contributed by atoms with Crippen LogP contribution in [0.2, 0.25) is 0 Å². The highest BCUT2D eigenvalue weighted by atomic mass is 16.3. The van der Waals surface area contributed by atoms with Crippen LogP contribution in [0.25, 0.3) is 0 Å². The summed E-state index contributed by atoms with van der Waals surface area (Å²) in [4.78, 5) is 2.53.